The molecule has 0 bridgehead atoms. The smallest absolute Gasteiger partial charge is 0.248 e. The number of nitrogens with two attached hydrogens (primary N) is 1. The largest absolute Gasteiger partial charge is 0.366 e. The fourth-order valence-corrected chi connectivity index (χ4v) is 2.62. The minimum Gasteiger partial charge on any atom is -0.366 e. The highest BCUT2D eigenvalue weighted by Crippen LogP contribution is 2.18. The van der Waals surface area contributed by atoms with E-state index in [1.54, 1.807) is 12.1 Å². The molecule has 0 atom stereocenters. The Morgan fingerprint density at radius 1 is 1.33 bits per heavy atom. The molecular weight excluding hydrogens is 264 g/mol. The summed E-state index contributed by atoms with van der Waals surface area (Å²) in [6.07, 6.45) is 2.92. The first-order valence-electron chi connectivity index (χ1n) is 7.04. The summed E-state index contributed by atoms with van der Waals surface area (Å²) in [6, 6.07) is 7.48. The normalized spacial score (nSPS) is 14.7. The molecule has 2 N–H and O–H groups in total. The Bertz CT molecular complexity index is 666. The fourth-order valence-electron chi connectivity index (χ4n) is 2.62. The van der Waals surface area contributed by atoms with Gasteiger partial charge in [0.2, 0.25) is 5.91 Å². The van der Waals surface area contributed by atoms with Crippen molar-refractivity contribution >= 4 is 5.91 Å². The number of carbonyl (C=O) groups is 1. The van der Waals surface area contributed by atoms with Crippen LogP contribution in [0.1, 0.15) is 33.0 Å². The first-order valence-corrected chi connectivity index (χ1v) is 7.04. The lowest BCUT2D eigenvalue weighted by atomic mass is 10.1. The van der Waals surface area contributed by atoms with Crippen molar-refractivity contribution in [2.24, 2.45) is 5.73 Å². The van der Waals surface area contributed by atoms with E-state index in [1.165, 1.54) is 11.1 Å². The molecule has 108 valence electrons. The minimum atomic E-state index is -0.388. The van der Waals surface area contributed by atoms with Gasteiger partial charge >= 0.3 is 0 Å². The predicted octanol–water partition coefficient (Wildman–Crippen LogP) is 1.44. The molecule has 2 aromatic rings. The summed E-state index contributed by atoms with van der Waals surface area (Å²) in [4.78, 5) is 22.2. The van der Waals surface area contributed by atoms with E-state index in [1.807, 2.05) is 25.3 Å². The maximum absolute atomic E-state index is 11.1. The second-order valence-electron chi connectivity index (χ2n) is 5.41. The van der Waals surface area contributed by atoms with Crippen molar-refractivity contribution in [3.05, 3.63) is 58.7 Å². The Hall–Kier alpha value is -2.27. The number of rotatable bonds is 3. The molecule has 5 nitrogen and oxygen atoms in total. The number of fused-ring (bicyclic) bond motifs is 1. The molecule has 1 aliphatic rings. The van der Waals surface area contributed by atoms with Gasteiger partial charge in [0.05, 0.1) is 5.69 Å². The van der Waals surface area contributed by atoms with E-state index in [0.29, 0.717) is 5.56 Å². The third-order valence-corrected chi connectivity index (χ3v) is 3.79. The molecule has 0 saturated carbocycles. The summed E-state index contributed by atoms with van der Waals surface area (Å²) in [5, 5.41) is 0. The standard InChI is InChI=1S/C16H18N4O/c1-11-18-8-14-6-7-20(10-15(14)19-11)9-12-2-4-13(5-3-12)16(17)21/h2-5,8H,6-7,9-10H2,1H3,(H2,17,21). The Balaban J connectivity index is 1.70. The highest BCUT2D eigenvalue weighted by molar-refractivity contribution is 5.92. The van der Waals surface area contributed by atoms with Gasteiger partial charge in [0, 0.05) is 31.4 Å². The zero-order valence-electron chi connectivity index (χ0n) is 12.0. The third-order valence-electron chi connectivity index (χ3n) is 3.79. The molecule has 1 aromatic heterocycles. The number of primary amides is 1. The Labute approximate surface area is 123 Å². The lowest BCUT2D eigenvalue weighted by molar-refractivity contribution is 0.100. The molecule has 0 unspecified atom stereocenters. The van der Waals surface area contributed by atoms with Crippen LogP contribution in [0.2, 0.25) is 0 Å². The molecule has 0 radical (unpaired) electrons. The van der Waals surface area contributed by atoms with Crippen molar-refractivity contribution in [2.45, 2.75) is 26.4 Å². The molecule has 1 aliphatic heterocycles. The van der Waals surface area contributed by atoms with Gasteiger partial charge in [-0.3, -0.25) is 9.69 Å². The molecule has 0 fully saturated rings. The number of amides is 1. The van der Waals surface area contributed by atoms with Crippen LogP contribution in [0.3, 0.4) is 0 Å². The van der Waals surface area contributed by atoms with Gasteiger partial charge in [-0.25, -0.2) is 9.97 Å². The van der Waals surface area contributed by atoms with Crippen molar-refractivity contribution < 1.29 is 4.79 Å². The van der Waals surface area contributed by atoms with Crippen molar-refractivity contribution in [3.8, 4) is 0 Å². The van der Waals surface area contributed by atoms with E-state index in [9.17, 15) is 4.79 Å². The zero-order chi connectivity index (χ0) is 14.8. The number of hydrogen-bond donors (Lipinski definition) is 1. The maximum atomic E-state index is 11.1. The van der Waals surface area contributed by atoms with Crippen LogP contribution < -0.4 is 5.73 Å². The van der Waals surface area contributed by atoms with Gasteiger partial charge in [-0.05, 0) is 36.6 Å². The lowest BCUT2D eigenvalue weighted by Crippen LogP contribution is -2.31. The van der Waals surface area contributed by atoms with Crippen molar-refractivity contribution in [2.75, 3.05) is 6.54 Å². The predicted molar refractivity (Wildman–Crippen MR) is 79.5 cm³/mol. The molecule has 5 heteroatoms. The Kier molecular flexibility index (Phi) is 3.66. The van der Waals surface area contributed by atoms with Gasteiger partial charge < -0.3 is 5.73 Å². The maximum Gasteiger partial charge on any atom is 0.248 e. The SMILES string of the molecule is Cc1ncc2c(n1)CN(Cc1ccc(C(N)=O)cc1)CC2. The van der Waals surface area contributed by atoms with E-state index in [2.05, 4.69) is 14.9 Å². The lowest BCUT2D eigenvalue weighted by Gasteiger charge is -2.27. The molecule has 2 heterocycles. The summed E-state index contributed by atoms with van der Waals surface area (Å²) in [5.41, 5.74) is 9.35. The average Bonchev–Trinajstić information content (AvgIpc) is 2.47. The van der Waals surface area contributed by atoms with Crippen LogP contribution in [0, 0.1) is 6.92 Å². The van der Waals surface area contributed by atoms with E-state index >= 15 is 0 Å². The van der Waals surface area contributed by atoms with Crippen LogP contribution in [-0.4, -0.2) is 27.3 Å². The monoisotopic (exact) mass is 282 g/mol. The summed E-state index contributed by atoms with van der Waals surface area (Å²) in [7, 11) is 0. The van der Waals surface area contributed by atoms with Gasteiger partial charge in [-0.2, -0.15) is 0 Å². The van der Waals surface area contributed by atoms with Gasteiger partial charge in [-0.15, -0.1) is 0 Å². The van der Waals surface area contributed by atoms with Crippen LogP contribution in [-0.2, 0) is 19.5 Å². The highest BCUT2D eigenvalue weighted by Gasteiger charge is 2.18. The number of hydrogen-bond acceptors (Lipinski definition) is 4. The van der Waals surface area contributed by atoms with E-state index in [4.69, 9.17) is 5.73 Å². The van der Waals surface area contributed by atoms with Gasteiger partial charge in [0.25, 0.3) is 0 Å². The summed E-state index contributed by atoms with van der Waals surface area (Å²) < 4.78 is 0. The first kappa shape index (κ1) is 13.7. The van der Waals surface area contributed by atoms with Crippen LogP contribution in [0.5, 0.6) is 0 Å². The Morgan fingerprint density at radius 2 is 2.10 bits per heavy atom. The minimum absolute atomic E-state index is 0.388. The Morgan fingerprint density at radius 3 is 2.81 bits per heavy atom. The number of aromatic nitrogens is 2. The van der Waals surface area contributed by atoms with Gasteiger partial charge in [0.1, 0.15) is 5.82 Å². The average molecular weight is 282 g/mol. The fraction of sp³-hybridized carbons (Fsp3) is 0.312. The molecule has 0 spiro atoms. The van der Waals surface area contributed by atoms with Crippen LogP contribution in [0.15, 0.2) is 30.5 Å². The number of benzene rings is 1. The van der Waals surface area contributed by atoms with Crippen molar-refractivity contribution in [1.29, 1.82) is 0 Å². The quantitative estimate of drug-likeness (QED) is 0.924. The van der Waals surface area contributed by atoms with Crippen LogP contribution in [0.4, 0.5) is 0 Å². The molecular formula is C16H18N4O. The number of aryl methyl sites for hydroxylation is 1. The van der Waals surface area contributed by atoms with E-state index in [0.717, 1.165) is 37.6 Å². The second kappa shape index (κ2) is 5.61. The topological polar surface area (TPSA) is 72.1 Å². The summed E-state index contributed by atoms with van der Waals surface area (Å²) >= 11 is 0. The molecule has 0 aliphatic carbocycles. The summed E-state index contributed by atoms with van der Waals surface area (Å²) in [6.45, 7) is 4.61. The number of nitrogens with zero attached hydrogens (tertiary/aromatic N) is 3. The highest BCUT2D eigenvalue weighted by atomic mass is 16.1. The molecule has 1 amide bonds. The second-order valence-corrected chi connectivity index (χ2v) is 5.41. The zero-order valence-corrected chi connectivity index (χ0v) is 12.0. The van der Waals surface area contributed by atoms with Gasteiger partial charge in [-0.1, -0.05) is 12.1 Å². The van der Waals surface area contributed by atoms with E-state index < -0.39 is 0 Å². The molecule has 3 rings (SSSR count). The molecule has 21 heavy (non-hydrogen) atoms. The summed E-state index contributed by atoms with van der Waals surface area (Å²) in [5.74, 6) is 0.432. The van der Waals surface area contributed by atoms with Crippen LogP contribution >= 0.6 is 0 Å². The molecule has 0 saturated heterocycles. The van der Waals surface area contributed by atoms with Gasteiger partial charge in [0.15, 0.2) is 0 Å². The third kappa shape index (κ3) is 3.08. The first-order chi connectivity index (χ1) is 10.1. The van der Waals surface area contributed by atoms with Crippen molar-refractivity contribution in [3.63, 3.8) is 0 Å². The number of carbonyl (C=O) groups excluding carboxylic acids is 1. The van der Waals surface area contributed by atoms with Crippen molar-refractivity contribution in [1.82, 2.24) is 14.9 Å². The van der Waals surface area contributed by atoms with E-state index in [-0.39, 0.29) is 5.91 Å². The van der Waals surface area contributed by atoms with Crippen LogP contribution in [0.25, 0.3) is 0 Å². The molecule has 1 aromatic carbocycles.